The number of nitrogens with zero attached hydrogens (tertiary/aromatic N) is 1. The van der Waals surface area contributed by atoms with Crippen molar-refractivity contribution in [3.63, 3.8) is 0 Å². The molecule has 16 nitrogen and oxygen atoms in total. The maximum atomic E-state index is 13.8. The molecule has 5 atom stereocenters. The number of hydrogen-bond donors (Lipinski definition) is 6. The molecule has 21 heteroatoms. The molecule has 0 bridgehead atoms. The number of rotatable bonds is 9. The van der Waals surface area contributed by atoms with Gasteiger partial charge in [-0.1, -0.05) is 11.6 Å². The molecule has 0 aromatic carbocycles. The summed E-state index contributed by atoms with van der Waals surface area (Å²) in [6, 6.07) is 0.861. The summed E-state index contributed by atoms with van der Waals surface area (Å²) in [5.41, 5.74) is -4.42. The first-order valence-electron chi connectivity index (χ1n) is 7.63. The number of aliphatic hydroxyl groups is 1. The van der Waals surface area contributed by atoms with Crippen LogP contribution in [0.15, 0.2) is 21.9 Å². The predicted molar refractivity (Wildman–Crippen MR) is 95.6 cm³/mol. The summed E-state index contributed by atoms with van der Waals surface area (Å²) >= 11 is 6.19. The smallest absolute Gasteiger partial charge is 0.386 e. The minimum absolute atomic E-state index is 0.600. The predicted octanol–water partition coefficient (Wildman–Crippen LogP) is -1.13. The summed E-state index contributed by atoms with van der Waals surface area (Å²) in [7, 11) is -17.1. The van der Waals surface area contributed by atoms with Gasteiger partial charge in [0.2, 0.25) is 0 Å². The van der Waals surface area contributed by atoms with E-state index < -0.39 is 71.3 Å². The highest BCUT2D eigenvalue weighted by Crippen LogP contribution is 2.66. The van der Waals surface area contributed by atoms with E-state index in [1.165, 1.54) is 0 Å². The Hall–Kier alpha value is -0.770. The molecule has 0 spiro atoms. The van der Waals surface area contributed by atoms with E-state index in [1.807, 2.05) is 4.98 Å². The Balaban J connectivity index is 2.22. The Kier molecular flexibility index (Phi) is 7.58. The Morgan fingerprint density at radius 3 is 2.35 bits per heavy atom. The third-order valence-electron chi connectivity index (χ3n) is 3.82. The number of aromatic amines is 1. The number of H-pyrrole nitrogens is 1. The summed E-state index contributed by atoms with van der Waals surface area (Å²) in [5.74, 6) is 0. The summed E-state index contributed by atoms with van der Waals surface area (Å²) in [4.78, 5) is 58.3. The fourth-order valence-corrected chi connectivity index (χ4v) is 5.94. The molecule has 6 N–H and O–H groups in total. The van der Waals surface area contributed by atoms with Crippen LogP contribution in [-0.4, -0.2) is 65.8 Å². The molecule has 3 unspecified atom stereocenters. The fraction of sp³-hybridized carbons (Fsp3) is 0.600. The number of hydrogen-bond acceptors (Lipinski definition) is 10. The van der Waals surface area contributed by atoms with Gasteiger partial charge < -0.3 is 29.4 Å². The average Bonchev–Trinajstić information content (AvgIpc) is 2.83. The molecule has 0 saturated carbocycles. The number of nitrogens with one attached hydrogen (secondary N) is 1. The average molecular weight is 535 g/mol. The lowest BCUT2D eigenvalue weighted by atomic mass is 9.96. The number of aromatic nitrogens is 2. The Morgan fingerprint density at radius 1 is 1.23 bits per heavy atom. The molecular formula is C10H15ClFN2O14P3. The Morgan fingerprint density at radius 2 is 1.84 bits per heavy atom. The molecule has 0 radical (unpaired) electrons. The maximum absolute atomic E-state index is 13.8. The van der Waals surface area contributed by atoms with Gasteiger partial charge in [-0.25, -0.2) is 22.9 Å². The third-order valence-corrected chi connectivity index (χ3v) is 8.10. The molecule has 1 aliphatic rings. The lowest BCUT2D eigenvalue weighted by molar-refractivity contribution is -0.102. The molecule has 178 valence electrons. The van der Waals surface area contributed by atoms with Gasteiger partial charge >= 0.3 is 29.2 Å². The lowest BCUT2D eigenvalue weighted by Gasteiger charge is -2.33. The van der Waals surface area contributed by atoms with Crippen LogP contribution in [-0.2, 0) is 36.6 Å². The van der Waals surface area contributed by atoms with E-state index in [0.717, 1.165) is 12.3 Å². The first kappa shape index (κ1) is 26.5. The van der Waals surface area contributed by atoms with Crippen LogP contribution in [0.2, 0.25) is 0 Å². The third kappa shape index (κ3) is 6.18. The Bertz CT molecular complexity index is 1090. The quantitative estimate of drug-likeness (QED) is 0.162. The number of alkyl halides is 2. The van der Waals surface area contributed by atoms with Gasteiger partial charge in [-0.3, -0.25) is 18.9 Å². The molecule has 1 aliphatic heterocycles. The summed E-state index contributed by atoms with van der Waals surface area (Å²) in [6.07, 6.45) is -1.29. The van der Waals surface area contributed by atoms with Gasteiger partial charge in [0.1, 0.15) is 18.4 Å². The molecule has 0 aliphatic carbocycles. The van der Waals surface area contributed by atoms with Crippen molar-refractivity contribution in [2.75, 3.05) is 19.9 Å². The van der Waals surface area contributed by atoms with Gasteiger partial charge in [-0.15, -0.1) is 0 Å². The van der Waals surface area contributed by atoms with Gasteiger partial charge in [-0.05, 0) is 0 Å². The van der Waals surface area contributed by atoms with E-state index in [9.17, 15) is 37.7 Å². The highest BCUT2D eigenvalue weighted by Gasteiger charge is 2.60. The van der Waals surface area contributed by atoms with Crippen molar-refractivity contribution in [2.45, 2.75) is 16.7 Å². The van der Waals surface area contributed by atoms with E-state index in [-0.39, 0.29) is 0 Å². The zero-order valence-electron chi connectivity index (χ0n) is 14.8. The first-order valence-corrected chi connectivity index (χ1v) is 12.5. The molecule has 2 rings (SSSR count). The maximum Gasteiger partial charge on any atom is 0.490 e. The van der Waals surface area contributed by atoms with Gasteiger partial charge in [0, 0.05) is 12.3 Å². The molecule has 1 aromatic heterocycles. The van der Waals surface area contributed by atoms with Gasteiger partial charge in [-0.2, -0.15) is 8.62 Å². The molecular weight excluding hydrogens is 519 g/mol. The highest BCUT2D eigenvalue weighted by atomic mass is 35.5. The van der Waals surface area contributed by atoms with Gasteiger partial charge in [0.15, 0.2) is 5.00 Å². The van der Waals surface area contributed by atoms with Crippen LogP contribution in [0.4, 0.5) is 4.39 Å². The minimum Gasteiger partial charge on any atom is -0.386 e. The van der Waals surface area contributed by atoms with E-state index in [4.69, 9.17) is 31.0 Å². The monoisotopic (exact) mass is 534 g/mol. The van der Waals surface area contributed by atoms with E-state index in [2.05, 4.69) is 13.1 Å². The van der Waals surface area contributed by atoms with Gasteiger partial charge in [0.05, 0.1) is 13.2 Å². The molecule has 1 aromatic rings. The van der Waals surface area contributed by atoms with E-state index in [1.54, 1.807) is 0 Å². The summed E-state index contributed by atoms with van der Waals surface area (Å²) in [6.45, 7) is -3.76. The molecule has 1 saturated heterocycles. The number of phosphoric acid groups is 3. The van der Waals surface area contributed by atoms with Crippen LogP contribution < -0.4 is 11.2 Å². The fourth-order valence-electron chi connectivity index (χ4n) is 2.48. The van der Waals surface area contributed by atoms with Crippen molar-refractivity contribution in [1.29, 1.82) is 0 Å². The highest BCUT2D eigenvalue weighted by molar-refractivity contribution is 7.66. The zero-order valence-corrected chi connectivity index (χ0v) is 18.2. The van der Waals surface area contributed by atoms with Crippen LogP contribution in [0.1, 0.15) is 0 Å². The van der Waals surface area contributed by atoms with E-state index >= 15 is 0 Å². The number of aliphatic hydroxyl groups excluding tert-OH is 1. The van der Waals surface area contributed by atoms with Gasteiger partial charge in [0.25, 0.3) is 5.56 Å². The number of ether oxygens (including phenoxy) is 1. The topological polar surface area (TPSA) is 244 Å². The van der Waals surface area contributed by atoms with Crippen molar-refractivity contribution < 1.29 is 60.6 Å². The second kappa shape index (κ2) is 8.88. The second-order valence-electron chi connectivity index (χ2n) is 6.05. The second-order valence-corrected chi connectivity index (χ2v) is 11.1. The van der Waals surface area contributed by atoms with Crippen LogP contribution in [0.5, 0.6) is 0 Å². The van der Waals surface area contributed by atoms with Crippen LogP contribution in [0.3, 0.4) is 0 Å². The number of halogens is 2. The van der Waals surface area contributed by atoms with Crippen molar-refractivity contribution in [2.24, 2.45) is 0 Å². The normalized spacial score (nSPS) is 30.6. The van der Waals surface area contributed by atoms with E-state index in [0.29, 0.717) is 4.57 Å². The van der Waals surface area contributed by atoms with Crippen LogP contribution >= 0.6 is 35.1 Å². The van der Waals surface area contributed by atoms with Crippen molar-refractivity contribution >= 4 is 35.1 Å². The van der Waals surface area contributed by atoms with Crippen molar-refractivity contribution in [3.8, 4) is 0 Å². The number of phosphoric ester groups is 1. The first-order chi connectivity index (χ1) is 14.0. The Labute approximate surface area is 175 Å². The SMILES string of the molecule is O=c1ccn(C2(Cl)CO[C@](CF)(COP(=O)(O)OP(=O)(O)OP(=O)(O)O)[C@H]2O)c(=O)[nH]1. The standard InChI is InChI=1S/C10H15ClFN2O14P3/c11-10(14-2-1-6(15)13-8(14)17)5-25-9(3-12,7(10)16)4-26-30(21,22)28-31(23,24)27-29(18,19)20/h1-2,7,16H,3-5H2,(H,21,22)(H,23,24)(H,13,15,17)(H2,18,19,20)/t7-,9-,10?/m1/s1. The minimum atomic E-state index is -5.83. The summed E-state index contributed by atoms with van der Waals surface area (Å²) in [5, 5.41) is 10.5. The summed E-state index contributed by atoms with van der Waals surface area (Å²) < 4.78 is 64.4. The van der Waals surface area contributed by atoms with Crippen molar-refractivity contribution in [3.05, 3.63) is 33.1 Å². The molecule has 0 amide bonds. The van der Waals surface area contributed by atoms with Crippen LogP contribution in [0.25, 0.3) is 0 Å². The lowest BCUT2D eigenvalue weighted by Crippen LogP contribution is -2.55. The van der Waals surface area contributed by atoms with Crippen LogP contribution in [0, 0.1) is 0 Å². The van der Waals surface area contributed by atoms with Crippen molar-refractivity contribution in [1.82, 2.24) is 9.55 Å². The molecule has 1 fully saturated rings. The zero-order chi connectivity index (χ0) is 23.9. The molecule has 31 heavy (non-hydrogen) atoms. The molecule has 2 heterocycles. The largest absolute Gasteiger partial charge is 0.490 e.